The van der Waals surface area contributed by atoms with Crippen molar-refractivity contribution >= 4 is 35.0 Å². The number of aromatic nitrogens is 1. The number of amides is 3. The molecule has 1 saturated heterocycles. The van der Waals surface area contributed by atoms with Gasteiger partial charge < -0.3 is 35.8 Å². The normalized spacial score (nSPS) is 17.7. The quantitative estimate of drug-likeness (QED) is 0.0697. The first-order valence-corrected chi connectivity index (χ1v) is 23.0. The van der Waals surface area contributed by atoms with Gasteiger partial charge in [-0.3, -0.25) is 24.1 Å². The number of carboxylic acid groups (broad SMARTS) is 1. The molecule has 2 aromatic rings. The molecule has 0 spiro atoms. The van der Waals surface area contributed by atoms with E-state index in [0.717, 1.165) is 69.2 Å². The molecule has 3 amide bonds. The molecule has 59 heavy (non-hydrogen) atoms. The van der Waals surface area contributed by atoms with Gasteiger partial charge in [0, 0.05) is 37.0 Å². The van der Waals surface area contributed by atoms with E-state index in [-0.39, 0.29) is 53.8 Å². The SMILES string of the molecule is CCCO[C@H](C[C@H](C(C)C)N(CCC)C(=O)[C@@H](NC(=O)[C@H]1CCCCN1C)[C@@H](C)CC)c1nc(C(=O)N[C@@H](Cc2ccc(OCCCCN)cc2)C[C@H](C)C(=O)O)cs1. The molecular formula is C45H74N6O7S. The molecule has 2 heterocycles. The fraction of sp³-hybridized carbons (Fsp3) is 0.711. The molecule has 1 aliphatic rings. The molecule has 13 nitrogen and oxygen atoms in total. The van der Waals surface area contributed by atoms with Gasteiger partial charge in [0.15, 0.2) is 0 Å². The summed E-state index contributed by atoms with van der Waals surface area (Å²) in [5.74, 6) is -1.41. The third-order valence-corrected chi connectivity index (χ3v) is 12.4. The number of ether oxygens (including phenoxy) is 2. The Labute approximate surface area is 357 Å². The van der Waals surface area contributed by atoms with Crippen LogP contribution in [0.1, 0.15) is 140 Å². The Morgan fingerprint density at radius 2 is 1.73 bits per heavy atom. The van der Waals surface area contributed by atoms with Crippen LogP contribution < -0.4 is 21.1 Å². The summed E-state index contributed by atoms with van der Waals surface area (Å²) in [6.45, 7) is 17.1. The number of nitrogens with one attached hydrogen (secondary N) is 2. The minimum absolute atomic E-state index is 0.0625. The van der Waals surface area contributed by atoms with Gasteiger partial charge in [-0.15, -0.1) is 11.3 Å². The lowest BCUT2D eigenvalue weighted by atomic mass is 9.92. The number of likely N-dealkylation sites (N-methyl/N-ethyl adjacent to an activating group) is 1. The lowest BCUT2D eigenvalue weighted by Gasteiger charge is -2.40. The van der Waals surface area contributed by atoms with Crippen LogP contribution in [-0.4, -0.2) is 108 Å². The number of hydrogen-bond donors (Lipinski definition) is 4. The first kappa shape index (κ1) is 49.8. The number of carboxylic acids is 1. The van der Waals surface area contributed by atoms with Crippen LogP contribution in [0.4, 0.5) is 0 Å². The zero-order chi connectivity index (χ0) is 43.5. The summed E-state index contributed by atoms with van der Waals surface area (Å²) in [6.07, 6.45) is 7.54. The van der Waals surface area contributed by atoms with Gasteiger partial charge in [0.1, 0.15) is 28.6 Å². The average Bonchev–Trinajstić information content (AvgIpc) is 3.71. The predicted molar refractivity (Wildman–Crippen MR) is 235 cm³/mol. The third-order valence-electron chi connectivity index (χ3n) is 11.4. The van der Waals surface area contributed by atoms with Gasteiger partial charge in [0.2, 0.25) is 11.8 Å². The molecule has 1 aromatic heterocycles. The zero-order valence-electron chi connectivity index (χ0n) is 37.0. The molecule has 1 aromatic carbocycles. The fourth-order valence-corrected chi connectivity index (χ4v) is 8.50. The van der Waals surface area contributed by atoms with Crippen molar-refractivity contribution in [2.45, 2.75) is 149 Å². The largest absolute Gasteiger partial charge is 0.494 e. The summed E-state index contributed by atoms with van der Waals surface area (Å²) in [5.41, 5.74) is 6.76. The van der Waals surface area contributed by atoms with Gasteiger partial charge in [0.05, 0.1) is 18.6 Å². The van der Waals surface area contributed by atoms with Crippen LogP contribution in [0.2, 0.25) is 0 Å². The van der Waals surface area contributed by atoms with E-state index in [9.17, 15) is 24.3 Å². The second-order valence-corrected chi connectivity index (χ2v) is 17.6. The lowest BCUT2D eigenvalue weighted by Crippen LogP contribution is -2.58. The van der Waals surface area contributed by atoms with Crippen LogP contribution in [0.5, 0.6) is 5.75 Å². The summed E-state index contributed by atoms with van der Waals surface area (Å²) in [6, 6.07) is 6.06. The van der Waals surface area contributed by atoms with E-state index in [0.29, 0.717) is 44.2 Å². The molecule has 0 unspecified atom stereocenters. The van der Waals surface area contributed by atoms with Crippen molar-refractivity contribution in [1.29, 1.82) is 0 Å². The van der Waals surface area contributed by atoms with E-state index in [1.54, 1.807) is 12.3 Å². The minimum atomic E-state index is -0.928. The topological polar surface area (TPSA) is 176 Å². The molecule has 1 aliphatic heterocycles. The fourth-order valence-electron chi connectivity index (χ4n) is 7.64. The smallest absolute Gasteiger partial charge is 0.306 e. The van der Waals surface area contributed by atoms with Crippen molar-refractivity contribution in [1.82, 2.24) is 25.4 Å². The van der Waals surface area contributed by atoms with Crippen LogP contribution in [0, 0.1) is 17.8 Å². The molecule has 0 radical (unpaired) electrons. The second-order valence-electron chi connectivity index (χ2n) is 16.7. The molecule has 7 atom stereocenters. The van der Waals surface area contributed by atoms with Crippen molar-refractivity contribution in [3.05, 3.63) is 45.9 Å². The monoisotopic (exact) mass is 843 g/mol. The Balaban J connectivity index is 1.83. The number of likely N-dealkylation sites (tertiary alicyclic amines) is 1. The zero-order valence-corrected chi connectivity index (χ0v) is 37.9. The summed E-state index contributed by atoms with van der Waals surface area (Å²) >= 11 is 1.35. The Morgan fingerprint density at radius 1 is 1.00 bits per heavy atom. The number of rotatable bonds is 27. The van der Waals surface area contributed by atoms with Crippen molar-refractivity contribution in [3.8, 4) is 5.75 Å². The number of benzene rings is 1. The highest BCUT2D eigenvalue weighted by Crippen LogP contribution is 2.32. The van der Waals surface area contributed by atoms with Gasteiger partial charge in [-0.2, -0.15) is 0 Å². The van der Waals surface area contributed by atoms with E-state index in [1.807, 2.05) is 57.0 Å². The number of thiazole rings is 1. The first-order valence-electron chi connectivity index (χ1n) is 22.1. The first-order chi connectivity index (χ1) is 28.2. The number of carbonyl (C=O) groups is 4. The van der Waals surface area contributed by atoms with Crippen molar-refractivity contribution < 1.29 is 33.8 Å². The van der Waals surface area contributed by atoms with Crippen molar-refractivity contribution in [3.63, 3.8) is 0 Å². The molecule has 332 valence electrons. The van der Waals surface area contributed by atoms with Crippen molar-refractivity contribution in [2.24, 2.45) is 23.5 Å². The molecule has 0 bridgehead atoms. The minimum Gasteiger partial charge on any atom is -0.494 e. The van der Waals surface area contributed by atoms with Crippen LogP contribution >= 0.6 is 11.3 Å². The summed E-state index contributed by atoms with van der Waals surface area (Å²) in [5, 5.41) is 18.4. The molecule has 3 rings (SSSR count). The molecule has 14 heteroatoms. The van der Waals surface area contributed by atoms with E-state index in [4.69, 9.17) is 20.2 Å². The van der Waals surface area contributed by atoms with Crippen LogP contribution in [0.3, 0.4) is 0 Å². The predicted octanol–water partition coefficient (Wildman–Crippen LogP) is 6.85. The number of carbonyl (C=O) groups excluding carboxylic acids is 3. The maximum atomic E-state index is 14.7. The highest BCUT2D eigenvalue weighted by Gasteiger charge is 2.38. The van der Waals surface area contributed by atoms with Gasteiger partial charge in [-0.25, -0.2) is 4.98 Å². The molecular weight excluding hydrogens is 769 g/mol. The Bertz CT molecular complexity index is 1570. The summed E-state index contributed by atoms with van der Waals surface area (Å²) in [4.78, 5) is 62.8. The Kier molecular flexibility index (Phi) is 21.8. The molecule has 5 N–H and O–H groups in total. The standard InChI is InChI=1S/C45H74N6O7S/c1-9-22-51(44(54)40(31(6)11-3)49-42(53)37-16-12-14-23-50(37)8)38(30(4)5)28-39(58-24-10-2)43-48-36(29-59-43)41(52)47-34(26-32(7)45(55)56)27-33-17-19-35(20-18-33)57-25-15-13-21-46/h17-20,29-32,34,37-40H,9-16,21-28,46H2,1-8H3,(H,47,52)(H,49,53)(H,55,56)/t31-,32-,34+,37+,38+,39+,40-/m0/s1. The maximum absolute atomic E-state index is 14.7. The van der Waals surface area contributed by atoms with Crippen LogP contribution in [-0.2, 0) is 25.5 Å². The average molecular weight is 843 g/mol. The maximum Gasteiger partial charge on any atom is 0.306 e. The molecule has 1 fully saturated rings. The van der Waals surface area contributed by atoms with Gasteiger partial charge in [-0.1, -0.05) is 73.4 Å². The number of piperidine rings is 1. The lowest BCUT2D eigenvalue weighted by molar-refractivity contribution is -0.143. The number of aliphatic carboxylic acids is 1. The van der Waals surface area contributed by atoms with E-state index < -0.39 is 30.1 Å². The van der Waals surface area contributed by atoms with Gasteiger partial charge >= 0.3 is 5.97 Å². The number of nitrogens with two attached hydrogens (primary N) is 1. The highest BCUT2D eigenvalue weighted by atomic mass is 32.1. The van der Waals surface area contributed by atoms with Gasteiger partial charge in [0.25, 0.3) is 5.91 Å². The number of hydrogen-bond acceptors (Lipinski definition) is 10. The Morgan fingerprint density at radius 3 is 2.34 bits per heavy atom. The Hall–Kier alpha value is -3.59. The van der Waals surface area contributed by atoms with Crippen molar-refractivity contribution in [2.75, 3.05) is 39.9 Å². The molecule has 0 saturated carbocycles. The van der Waals surface area contributed by atoms with Gasteiger partial charge in [-0.05, 0) is 101 Å². The van der Waals surface area contributed by atoms with Crippen LogP contribution in [0.25, 0.3) is 0 Å². The van der Waals surface area contributed by atoms with E-state index >= 15 is 0 Å². The summed E-state index contributed by atoms with van der Waals surface area (Å²) < 4.78 is 12.3. The molecule has 0 aliphatic carbocycles. The number of unbranched alkanes of at least 4 members (excludes halogenated alkanes) is 1. The third kappa shape index (κ3) is 15.8. The second kappa shape index (κ2) is 25.9. The van der Waals surface area contributed by atoms with E-state index in [1.165, 1.54) is 11.3 Å². The van der Waals surface area contributed by atoms with Crippen LogP contribution in [0.15, 0.2) is 29.6 Å². The summed E-state index contributed by atoms with van der Waals surface area (Å²) in [7, 11) is 1.98. The number of nitrogens with zero attached hydrogens (tertiary/aromatic N) is 3. The highest BCUT2D eigenvalue weighted by molar-refractivity contribution is 7.09. The van der Waals surface area contributed by atoms with E-state index in [2.05, 4.69) is 36.3 Å².